The molecule has 0 aromatic rings. The van der Waals surface area contributed by atoms with Crippen LogP contribution >= 0.6 is 10.7 Å². The van der Waals surface area contributed by atoms with E-state index in [4.69, 9.17) is 10.7 Å². The first kappa shape index (κ1) is 10.2. The van der Waals surface area contributed by atoms with Crippen molar-refractivity contribution in [1.82, 2.24) is 4.31 Å². The summed E-state index contributed by atoms with van der Waals surface area (Å²) < 4.78 is 39.8. The number of rotatable bonds is 3. The van der Waals surface area contributed by atoms with Crippen molar-refractivity contribution in [2.24, 2.45) is 0 Å². The molecular weight excluding hydrogens is 209 g/mol. The Bertz CT molecular complexity index is 262. The summed E-state index contributed by atoms with van der Waals surface area (Å²) in [6.45, 7) is -0.532. The van der Waals surface area contributed by atoms with Gasteiger partial charge in [-0.2, -0.15) is 12.7 Å². The highest BCUT2D eigenvalue weighted by Crippen LogP contribution is 2.29. The Balaban J connectivity index is 2.47. The van der Waals surface area contributed by atoms with Gasteiger partial charge in [0.2, 0.25) is 0 Å². The number of ether oxygens (including phenoxy) is 1. The molecule has 0 N–H and O–H groups in total. The first-order valence-corrected chi connectivity index (χ1v) is 5.52. The third kappa shape index (κ3) is 2.07. The predicted octanol–water partition coefficient (Wildman–Crippen LogP) is 0.140. The van der Waals surface area contributed by atoms with E-state index in [1.54, 1.807) is 0 Å². The second-order valence-corrected chi connectivity index (χ2v) is 5.30. The summed E-state index contributed by atoms with van der Waals surface area (Å²) in [6.07, 6.45) is 0. The standard InChI is InChI=1S/C5H9ClFNO3S/c1-11-4-5(7)2-8(3-5)12(6,9)10/h2-4H2,1H3. The third-order valence-corrected chi connectivity index (χ3v) is 3.09. The Morgan fingerprint density at radius 2 is 2.17 bits per heavy atom. The van der Waals surface area contributed by atoms with E-state index < -0.39 is 14.9 Å². The summed E-state index contributed by atoms with van der Waals surface area (Å²) in [4.78, 5) is 0. The molecule has 0 aromatic carbocycles. The van der Waals surface area contributed by atoms with Crippen molar-refractivity contribution in [3.8, 4) is 0 Å². The van der Waals surface area contributed by atoms with E-state index in [9.17, 15) is 12.8 Å². The van der Waals surface area contributed by atoms with Gasteiger partial charge in [-0.1, -0.05) is 0 Å². The van der Waals surface area contributed by atoms with Gasteiger partial charge in [-0.05, 0) is 0 Å². The fourth-order valence-corrected chi connectivity index (χ4v) is 2.15. The average molecular weight is 218 g/mol. The molecule has 12 heavy (non-hydrogen) atoms. The summed E-state index contributed by atoms with van der Waals surface area (Å²) in [7, 11) is 2.57. The zero-order chi connectivity index (χ0) is 9.41. The van der Waals surface area contributed by atoms with Gasteiger partial charge in [0.15, 0.2) is 5.67 Å². The van der Waals surface area contributed by atoms with Gasteiger partial charge in [0, 0.05) is 17.8 Å². The molecule has 1 fully saturated rings. The quantitative estimate of drug-likeness (QED) is 0.632. The molecule has 1 rings (SSSR count). The molecule has 1 heterocycles. The van der Waals surface area contributed by atoms with E-state index in [1.165, 1.54) is 7.11 Å². The summed E-state index contributed by atoms with van der Waals surface area (Å²) >= 11 is 0. The molecule has 0 bridgehead atoms. The molecule has 1 aliphatic rings. The van der Waals surface area contributed by atoms with Crippen molar-refractivity contribution in [2.45, 2.75) is 5.67 Å². The monoisotopic (exact) mass is 217 g/mol. The highest BCUT2D eigenvalue weighted by molar-refractivity contribution is 8.11. The van der Waals surface area contributed by atoms with Gasteiger partial charge in [0.25, 0.3) is 9.24 Å². The number of halogens is 2. The fraction of sp³-hybridized carbons (Fsp3) is 1.00. The summed E-state index contributed by atoms with van der Waals surface area (Å²) in [5, 5.41) is 0. The Hall–Kier alpha value is 0.0900. The average Bonchev–Trinajstić information content (AvgIpc) is 1.81. The molecule has 72 valence electrons. The first-order chi connectivity index (χ1) is 5.37. The van der Waals surface area contributed by atoms with Crippen LogP contribution in [0.3, 0.4) is 0 Å². The lowest BCUT2D eigenvalue weighted by Crippen LogP contribution is -2.61. The van der Waals surface area contributed by atoms with Crippen molar-refractivity contribution < 1.29 is 17.5 Å². The maximum atomic E-state index is 13.2. The van der Waals surface area contributed by atoms with Crippen LogP contribution in [0.2, 0.25) is 0 Å². The molecule has 0 unspecified atom stereocenters. The molecule has 0 spiro atoms. The molecule has 1 aliphatic heterocycles. The molecule has 1 saturated heterocycles. The fourth-order valence-electron chi connectivity index (χ4n) is 1.09. The predicted molar refractivity (Wildman–Crippen MR) is 42.1 cm³/mol. The molecule has 0 saturated carbocycles. The van der Waals surface area contributed by atoms with Crippen molar-refractivity contribution in [3.05, 3.63) is 0 Å². The van der Waals surface area contributed by atoms with Crippen molar-refractivity contribution in [1.29, 1.82) is 0 Å². The molecule has 7 heteroatoms. The van der Waals surface area contributed by atoms with E-state index in [1.807, 2.05) is 0 Å². The van der Waals surface area contributed by atoms with Crippen LogP contribution in [0, 0.1) is 0 Å². The summed E-state index contributed by atoms with van der Waals surface area (Å²) in [5.41, 5.74) is -1.56. The van der Waals surface area contributed by atoms with Gasteiger partial charge < -0.3 is 4.74 Å². The van der Waals surface area contributed by atoms with E-state index in [2.05, 4.69) is 4.74 Å². The van der Waals surface area contributed by atoms with Crippen molar-refractivity contribution in [3.63, 3.8) is 0 Å². The van der Waals surface area contributed by atoms with Crippen molar-refractivity contribution >= 4 is 19.9 Å². The van der Waals surface area contributed by atoms with Crippen LogP contribution in [0.1, 0.15) is 0 Å². The number of nitrogens with zero attached hydrogens (tertiary/aromatic N) is 1. The second-order valence-electron chi connectivity index (χ2n) is 2.79. The maximum absolute atomic E-state index is 13.2. The van der Waals surface area contributed by atoms with Gasteiger partial charge in [0.05, 0.1) is 19.7 Å². The smallest absolute Gasteiger partial charge is 0.300 e. The third-order valence-electron chi connectivity index (χ3n) is 1.63. The highest BCUT2D eigenvalue weighted by atomic mass is 35.7. The maximum Gasteiger partial charge on any atom is 0.300 e. The number of alkyl halides is 1. The van der Waals surface area contributed by atoms with E-state index in [0.717, 1.165) is 4.31 Å². The minimum atomic E-state index is -3.75. The molecule has 0 amide bonds. The Morgan fingerprint density at radius 1 is 1.67 bits per heavy atom. The van der Waals surface area contributed by atoms with E-state index in [-0.39, 0.29) is 19.7 Å². The SMILES string of the molecule is COCC1(F)CN(S(=O)(=O)Cl)C1. The summed E-state index contributed by atoms with van der Waals surface area (Å²) in [5.74, 6) is 0. The Kier molecular flexibility index (Phi) is 2.63. The second kappa shape index (κ2) is 3.10. The van der Waals surface area contributed by atoms with Crippen LogP contribution in [0.4, 0.5) is 4.39 Å². The van der Waals surface area contributed by atoms with Gasteiger partial charge >= 0.3 is 0 Å². The van der Waals surface area contributed by atoms with Gasteiger partial charge in [-0.15, -0.1) is 0 Å². The van der Waals surface area contributed by atoms with Crippen molar-refractivity contribution in [2.75, 3.05) is 26.8 Å². The van der Waals surface area contributed by atoms with Crippen LogP contribution < -0.4 is 0 Å². The topological polar surface area (TPSA) is 46.6 Å². The lowest BCUT2D eigenvalue weighted by Gasteiger charge is -2.41. The molecule has 0 atom stereocenters. The largest absolute Gasteiger partial charge is 0.381 e. The zero-order valence-corrected chi connectivity index (χ0v) is 8.03. The minimum absolute atomic E-state index is 0.101. The lowest BCUT2D eigenvalue weighted by molar-refractivity contribution is -0.0394. The van der Waals surface area contributed by atoms with Crippen LogP contribution in [0.5, 0.6) is 0 Å². The van der Waals surface area contributed by atoms with Gasteiger partial charge in [0.1, 0.15) is 0 Å². The first-order valence-electron chi connectivity index (χ1n) is 3.25. The van der Waals surface area contributed by atoms with Crippen LogP contribution in [-0.4, -0.2) is 45.2 Å². The number of hydrogen-bond acceptors (Lipinski definition) is 3. The Labute approximate surface area is 74.8 Å². The molecule has 4 nitrogen and oxygen atoms in total. The normalized spacial score (nSPS) is 23.6. The zero-order valence-electron chi connectivity index (χ0n) is 6.46. The minimum Gasteiger partial charge on any atom is -0.381 e. The van der Waals surface area contributed by atoms with E-state index in [0.29, 0.717) is 0 Å². The van der Waals surface area contributed by atoms with Crippen LogP contribution in [0.25, 0.3) is 0 Å². The summed E-state index contributed by atoms with van der Waals surface area (Å²) in [6, 6.07) is 0. The van der Waals surface area contributed by atoms with Gasteiger partial charge in [-0.25, -0.2) is 4.39 Å². The molecule has 0 radical (unpaired) electrons. The highest BCUT2D eigenvalue weighted by Gasteiger charge is 2.48. The molecular formula is C5H9ClFNO3S. The lowest BCUT2D eigenvalue weighted by atomic mass is 10.0. The van der Waals surface area contributed by atoms with Crippen LogP contribution in [-0.2, 0) is 14.0 Å². The Morgan fingerprint density at radius 3 is 2.50 bits per heavy atom. The van der Waals surface area contributed by atoms with Gasteiger partial charge in [-0.3, -0.25) is 0 Å². The molecule has 0 aromatic heterocycles. The van der Waals surface area contributed by atoms with E-state index >= 15 is 0 Å². The number of methoxy groups -OCH3 is 1. The number of hydrogen-bond donors (Lipinski definition) is 0. The van der Waals surface area contributed by atoms with Crippen LogP contribution in [0.15, 0.2) is 0 Å². The molecule has 0 aliphatic carbocycles.